The molecule has 1 aromatic rings. The number of nitrogens with one attached hydrogen (secondary N) is 1. The summed E-state index contributed by atoms with van der Waals surface area (Å²) in [5.74, 6) is 1.67. The molecule has 1 aliphatic heterocycles. The van der Waals surface area contributed by atoms with Crippen LogP contribution in [0.5, 0.6) is 0 Å². The van der Waals surface area contributed by atoms with Gasteiger partial charge in [0.05, 0.1) is 37.8 Å². The van der Waals surface area contributed by atoms with Gasteiger partial charge in [-0.15, -0.1) is 0 Å². The van der Waals surface area contributed by atoms with Crippen LogP contribution >= 0.6 is 0 Å². The molecule has 0 saturated heterocycles. The number of imidazole rings is 1. The van der Waals surface area contributed by atoms with E-state index in [1.54, 1.807) is 6.33 Å². The molecule has 7 heteroatoms. The zero-order valence-corrected chi connectivity index (χ0v) is 13.7. The SMILES string of the molecule is C=C1N=C(N)c2ncn(CC(COC(C)C)OC(C)C)c2N1. The second-order valence-corrected chi connectivity index (χ2v) is 5.85. The van der Waals surface area contributed by atoms with Gasteiger partial charge in [-0.05, 0) is 27.7 Å². The first-order valence-corrected chi connectivity index (χ1v) is 7.49. The fraction of sp³-hybridized carbons (Fsp3) is 0.600. The maximum absolute atomic E-state index is 5.93. The van der Waals surface area contributed by atoms with Crippen LogP contribution in [-0.2, 0) is 16.0 Å². The van der Waals surface area contributed by atoms with E-state index in [0.29, 0.717) is 30.5 Å². The van der Waals surface area contributed by atoms with Gasteiger partial charge in [0.1, 0.15) is 17.3 Å². The van der Waals surface area contributed by atoms with Crippen LogP contribution < -0.4 is 11.1 Å². The average Bonchev–Trinajstić information content (AvgIpc) is 2.78. The van der Waals surface area contributed by atoms with Crippen molar-refractivity contribution in [2.24, 2.45) is 10.7 Å². The summed E-state index contributed by atoms with van der Waals surface area (Å²) in [6.45, 7) is 13.0. The Hall–Kier alpha value is -1.86. The molecule has 2 heterocycles. The van der Waals surface area contributed by atoms with E-state index in [0.717, 1.165) is 5.82 Å². The minimum Gasteiger partial charge on any atom is -0.382 e. The summed E-state index contributed by atoms with van der Waals surface area (Å²) in [6.07, 6.45) is 1.94. The summed E-state index contributed by atoms with van der Waals surface area (Å²) in [5, 5.41) is 3.10. The molecule has 0 fully saturated rings. The van der Waals surface area contributed by atoms with Crippen LogP contribution in [0.1, 0.15) is 33.4 Å². The molecule has 22 heavy (non-hydrogen) atoms. The molecule has 0 bridgehead atoms. The molecule has 1 aromatic heterocycles. The van der Waals surface area contributed by atoms with E-state index >= 15 is 0 Å². The predicted molar refractivity (Wildman–Crippen MR) is 86.8 cm³/mol. The molecule has 2 rings (SSSR count). The number of fused-ring (bicyclic) bond motifs is 1. The lowest BCUT2D eigenvalue weighted by Crippen LogP contribution is -2.30. The van der Waals surface area contributed by atoms with Gasteiger partial charge >= 0.3 is 0 Å². The molecule has 0 aliphatic carbocycles. The third kappa shape index (κ3) is 4.08. The summed E-state index contributed by atoms with van der Waals surface area (Å²) in [5.41, 5.74) is 6.52. The lowest BCUT2D eigenvalue weighted by Gasteiger charge is -2.24. The number of hydrogen-bond donors (Lipinski definition) is 2. The molecule has 0 saturated carbocycles. The standard InChI is InChI=1S/C15H25N5O2/c1-9(2)21-7-12(22-10(3)4)6-20-8-17-13-14(16)18-11(5)19-15(13)20/h8-10,12,19H,5-7H2,1-4H3,(H2,16,18). The van der Waals surface area contributed by atoms with Crippen LogP contribution in [-0.4, -0.2) is 40.3 Å². The Balaban J connectivity index is 2.13. The molecule has 0 radical (unpaired) electrons. The molecule has 0 aromatic carbocycles. The fourth-order valence-corrected chi connectivity index (χ4v) is 2.24. The Morgan fingerprint density at radius 2 is 2.05 bits per heavy atom. The van der Waals surface area contributed by atoms with E-state index in [-0.39, 0.29) is 18.3 Å². The third-order valence-corrected chi connectivity index (χ3v) is 3.08. The topological polar surface area (TPSA) is 86.7 Å². The fourth-order valence-electron chi connectivity index (χ4n) is 2.24. The lowest BCUT2D eigenvalue weighted by molar-refractivity contribution is -0.0646. The first-order chi connectivity index (χ1) is 10.4. The Bertz CT molecular complexity index is 562. The Morgan fingerprint density at radius 3 is 2.68 bits per heavy atom. The number of aromatic nitrogens is 2. The van der Waals surface area contributed by atoms with Crippen molar-refractivity contribution >= 4 is 11.7 Å². The van der Waals surface area contributed by atoms with E-state index in [1.165, 1.54) is 0 Å². The molecule has 0 spiro atoms. The van der Waals surface area contributed by atoms with E-state index < -0.39 is 0 Å². The molecule has 122 valence electrons. The molecule has 3 N–H and O–H groups in total. The molecule has 7 nitrogen and oxygen atoms in total. The number of ether oxygens (including phenoxy) is 2. The van der Waals surface area contributed by atoms with Crippen molar-refractivity contribution < 1.29 is 9.47 Å². The highest BCUT2D eigenvalue weighted by atomic mass is 16.5. The highest BCUT2D eigenvalue weighted by Crippen LogP contribution is 2.22. The van der Waals surface area contributed by atoms with Gasteiger partial charge in [0, 0.05) is 0 Å². The van der Waals surface area contributed by atoms with Crippen molar-refractivity contribution in [1.82, 2.24) is 9.55 Å². The van der Waals surface area contributed by atoms with Gasteiger partial charge in [0.2, 0.25) is 0 Å². The van der Waals surface area contributed by atoms with Crippen LogP contribution in [0.15, 0.2) is 23.7 Å². The first-order valence-electron chi connectivity index (χ1n) is 7.49. The van der Waals surface area contributed by atoms with Gasteiger partial charge in [-0.25, -0.2) is 9.98 Å². The number of hydrogen-bond acceptors (Lipinski definition) is 6. The first kappa shape index (κ1) is 16.5. The summed E-state index contributed by atoms with van der Waals surface area (Å²) in [4.78, 5) is 8.39. The van der Waals surface area contributed by atoms with Crippen molar-refractivity contribution in [2.75, 3.05) is 11.9 Å². The summed E-state index contributed by atoms with van der Waals surface area (Å²) in [6, 6.07) is 0. The second kappa shape index (κ2) is 6.93. The number of nitrogens with two attached hydrogens (primary N) is 1. The minimum absolute atomic E-state index is 0.0733. The maximum atomic E-state index is 5.93. The zero-order valence-electron chi connectivity index (χ0n) is 13.7. The average molecular weight is 307 g/mol. The van der Waals surface area contributed by atoms with Crippen LogP contribution in [0.4, 0.5) is 5.82 Å². The van der Waals surface area contributed by atoms with Crippen molar-refractivity contribution in [1.29, 1.82) is 0 Å². The van der Waals surface area contributed by atoms with E-state index in [2.05, 4.69) is 21.9 Å². The van der Waals surface area contributed by atoms with Crippen molar-refractivity contribution in [3.8, 4) is 0 Å². The van der Waals surface area contributed by atoms with Gasteiger partial charge < -0.3 is 25.1 Å². The number of aliphatic imine (C=N–C) groups is 1. The van der Waals surface area contributed by atoms with Crippen LogP contribution in [0.2, 0.25) is 0 Å². The number of anilines is 1. The van der Waals surface area contributed by atoms with Gasteiger partial charge in [0.25, 0.3) is 0 Å². The highest BCUT2D eigenvalue weighted by molar-refractivity contribution is 6.02. The Kier molecular flexibility index (Phi) is 5.20. The van der Waals surface area contributed by atoms with Crippen LogP contribution in [0, 0.1) is 0 Å². The molecule has 0 amide bonds. The third-order valence-electron chi connectivity index (χ3n) is 3.08. The molecule has 1 aliphatic rings. The zero-order chi connectivity index (χ0) is 16.3. The second-order valence-electron chi connectivity index (χ2n) is 5.85. The van der Waals surface area contributed by atoms with Crippen molar-refractivity contribution in [3.63, 3.8) is 0 Å². The molecule has 1 atom stereocenters. The van der Waals surface area contributed by atoms with Crippen LogP contribution in [0.25, 0.3) is 0 Å². The monoisotopic (exact) mass is 307 g/mol. The normalized spacial score (nSPS) is 15.7. The summed E-state index contributed by atoms with van der Waals surface area (Å²) in [7, 11) is 0. The molecular formula is C15H25N5O2. The van der Waals surface area contributed by atoms with Crippen molar-refractivity contribution in [2.45, 2.75) is 52.6 Å². The summed E-state index contributed by atoms with van der Waals surface area (Å²) >= 11 is 0. The summed E-state index contributed by atoms with van der Waals surface area (Å²) < 4.78 is 13.6. The Morgan fingerprint density at radius 1 is 1.32 bits per heavy atom. The van der Waals surface area contributed by atoms with E-state index in [4.69, 9.17) is 15.2 Å². The van der Waals surface area contributed by atoms with Gasteiger partial charge in [-0.1, -0.05) is 6.58 Å². The van der Waals surface area contributed by atoms with Crippen LogP contribution in [0.3, 0.4) is 0 Å². The minimum atomic E-state index is -0.0733. The number of nitrogens with zero attached hydrogens (tertiary/aromatic N) is 3. The highest BCUT2D eigenvalue weighted by Gasteiger charge is 2.22. The smallest absolute Gasteiger partial charge is 0.155 e. The van der Waals surface area contributed by atoms with Gasteiger partial charge in [0.15, 0.2) is 5.84 Å². The number of rotatable bonds is 7. The lowest BCUT2D eigenvalue weighted by atomic mass is 10.3. The largest absolute Gasteiger partial charge is 0.382 e. The van der Waals surface area contributed by atoms with E-state index in [9.17, 15) is 0 Å². The Labute approximate surface area is 131 Å². The quantitative estimate of drug-likeness (QED) is 0.800. The number of amidine groups is 1. The van der Waals surface area contributed by atoms with E-state index in [1.807, 2.05) is 32.3 Å². The maximum Gasteiger partial charge on any atom is 0.155 e. The van der Waals surface area contributed by atoms with Gasteiger partial charge in [-0.2, -0.15) is 0 Å². The predicted octanol–water partition coefficient (Wildman–Crippen LogP) is 1.70. The molecular weight excluding hydrogens is 282 g/mol. The van der Waals surface area contributed by atoms with Crippen molar-refractivity contribution in [3.05, 3.63) is 24.4 Å². The molecule has 1 unspecified atom stereocenters. The van der Waals surface area contributed by atoms with Gasteiger partial charge in [-0.3, -0.25) is 0 Å².